The van der Waals surface area contributed by atoms with E-state index < -0.39 is 7.26 Å². The maximum Gasteiger partial charge on any atom is 0.296 e. The number of H-pyrrole nitrogens is 1. The molecular formula is C30H25Cl2IN2OPS+. The molecule has 8 heteroatoms. The summed E-state index contributed by atoms with van der Waals surface area (Å²) in [6, 6.07) is 36.1. The average Bonchev–Trinajstić information content (AvgIpc) is 2.92. The van der Waals surface area contributed by atoms with E-state index >= 15 is 0 Å². The first kappa shape index (κ1) is 28.8. The monoisotopic (exact) mass is 689 g/mol. The number of benzene rings is 4. The third kappa shape index (κ3) is 5.45. The maximum atomic E-state index is 14.3. The highest BCUT2D eigenvalue weighted by atomic mass is 127. The molecule has 0 amide bonds. The highest BCUT2D eigenvalue weighted by molar-refractivity contribution is 14.0. The Kier molecular flexibility index (Phi) is 9.72. The number of rotatable bonds is 7. The summed E-state index contributed by atoms with van der Waals surface area (Å²) in [7, 11) is -2.62. The third-order valence-electron chi connectivity index (χ3n) is 6.10. The topological polar surface area (TPSA) is 45.8 Å². The number of nitrogens with zero attached hydrogens (tertiary/aromatic N) is 1. The minimum atomic E-state index is -2.62. The number of nitrogens with one attached hydrogen (secondary N) is 1. The molecule has 5 aromatic rings. The van der Waals surface area contributed by atoms with E-state index in [0.29, 0.717) is 31.8 Å². The smallest absolute Gasteiger partial charge is 0.296 e. The van der Waals surface area contributed by atoms with E-state index in [9.17, 15) is 4.79 Å². The molecule has 3 nitrogen and oxygen atoms in total. The van der Waals surface area contributed by atoms with Crippen LogP contribution in [0, 0.1) is 0 Å². The molecule has 5 rings (SSSR count). The van der Waals surface area contributed by atoms with Gasteiger partial charge in [0.25, 0.3) is 5.56 Å². The molecule has 0 aliphatic heterocycles. The Bertz CT molecular complexity index is 1490. The van der Waals surface area contributed by atoms with Gasteiger partial charge in [0, 0.05) is 10.6 Å². The van der Waals surface area contributed by atoms with Crippen molar-refractivity contribution in [2.75, 3.05) is 5.75 Å². The molecule has 0 unspecified atom stereocenters. The molecule has 0 fully saturated rings. The molecule has 0 radical (unpaired) electrons. The Balaban J connectivity index is 0.00000336. The molecule has 4 aromatic carbocycles. The highest BCUT2D eigenvalue weighted by Gasteiger charge is 2.52. The van der Waals surface area contributed by atoms with E-state index in [1.165, 1.54) is 0 Å². The van der Waals surface area contributed by atoms with Crippen molar-refractivity contribution in [1.82, 2.24) is 9.97 Å². The van der Waals surface area contributed by atoms with Gasteiger partial charge in [-0.05, 0) is 60.4 Å². The van der Waals surface area contributed by atoms with Gasteiger partial charge < -0.3 is 4.98 Å². The number of aromatic nitrogens is 2. The lowest BCUT2D eigenvalue weighted by atomic mass is 10.2. The lowest BCUT2D eigenvalue weighted by molar-refractivity contribution is 1.05. The van der Waals surface area contributed by atoms with Crippen molar-refractivity contribution in [3.8, 4) is 11.4 Å². The first-order valence-corrected chi connectivity index (χ1v) is 15.4. The summed E-state index contributed by atoms with van der Waals surface area (Å²) >= 11 is 14.2. The van der Waals surface area contributed by atoms with Gasteiger partial charge in [0.1, 0.15) is 26.8 Å². The maximum absolute atomic E-state index is 14.3. The average molecular weight is 690 g/mol. The lowest BCUT2D eigenvalue weighted by Crippen LogP contribution is -2.46. The molecular weight excluding hydrogens is 665 g/mol. The molecule has 1 aromatic heterocycles. The predicted octanol–water partition coefficient (Wildman–Crippen LogP) is 7.09. The summed E-state index contributed by atoms with van der Waals surface area (Å²) in [5.41, 5.74) is 0.465. The molecule has 1 N–H and O–H groups in total. The normalized spacial score (nSPS) is 11.1. The van der Waals surface area contributed by atoms with Crippen LogP contribution < -0.4 is 26.8 Å². The summed E-state index contributed by atoms with van der Waals surface area (Å²) in [5.74, 6) is 1.19. The molecule has 192 valence electrons. The Morgan fingerprint density at radius 3 is 1.74 bits per heavy atom. The summed E-state index contributed by atoms with van der Waals surface area (Å²) in [6.07, 6.45) is 0. The Morgan fingerprint density at radius 1 is 0.789 bits per heavy atom. The van der Waals surface area contributed by atoms with Gasteiger partial charge >= 0.3 is 0 Å². The van der Waals surface area contributed by atoms with E-state index in [2.05, 4.69) is 48.3 Å². The van der Waals surface area contributed by atoms with Gasteiger partial charge in [-0.15, -0.1) is 35.7 Å². The van der Waals surface area contributed by atoms with Crippen LogP contribution >= 0.6 is 66.2 Å². The molecule has 38 heavy (non-hydrogen) atoms. The fraction of sp³-hybridized carbons (Fsp3) is 0.0667. The Morgan fingerprint density at radius 2 is 1.29 bits per heavy atom. The molecule has 0 saturated heterocycles. The van der Waals surface area contributed by atoms with Crippen molar-refractivity contribution in [3.05, 3.63) is 130 Å². The van der Waals surface area contributed by atoms with Crippen LogP contribution in [0.3, 0.4) is 0 Å². The summed E-state index contributed by atoms with van der Waals surface area (Å²) in [4.78, 5) is 22.4. The van der Waals surface area contributed by atoms with Crippen LogP contribution in [-0.4, -0.2) is 15.7 Å². The molecule has 0 saturated carbocycles. The van der Waals surface area contributed by atoms with Crippen molar-refractivity contribution in [1.29, 1.82) is 0 Å². The van der Waals surface area contributed by atoms with Crippen molar-refractivity contribution < 1.29 is 0 Å². The van der Waals surface area contributed by atoms with Crippen molar-refractivity contribution in [2.24, 2.45) is 0 Å². The van der Waals surface area contributed by atoms with Crippen LogP contribution in [0.2, 0.25) is 10.0 Å². The van der Waals surface area contributed by atoms with Gasteiger partial charge in [-0.25, -0.2) is 4.98 Å². The van der Waals surface area contributed by atoms with Crippen LogP contribution in [0.5, 0.6) is 0 Å². The molecule has 0 bridgehead atoms. The second kappa shape index (κ2) is 12.8. The number of hydrogen-bond donors (Lipinski definition) is 1. The number of hydrogen-bond acceptors (Lipinski definition) is 3. The number of aromatic amines is 1. The van der Waals surface area contributed by atoms with E-state index in [1.54, 1.807) is 30.0 Å². The van der Waals surface area contributed by atoms with E-state index in [-0.39, 0.29) is 29.5 Å². The number of halogens is 3. The summed E-state index contributed by atoms with van der Waals surface area (Å²) in [6.45, 7) is 2.07. The van der Waals surface area contributed by atoms with E-state index in [1.807, 2.05) is 54.6 Å². The Hall–Kier alpha value is -2.15. The zero-order chi connectivity index (χ0) is 25.8. The SMILES string of the molecule is CCSc1nc(-c2ccc(Cl)cc2Cl)[nH]c(=O)c1[P+](c1ccccc1)(c1ccccc1)c1ccccc1.I. The van der Waals surface area contributed by atoms with Gasteiger partial charge in [0.2, 0.25) is 5.30 Å². The fourth-order valence-electron chi connectivity index (χ4n) is 4.58. The van der Waals surface area contributed by atoms with Gasteiger partial charge in [0.15, 0.2) is 7.26 Å². The first-order chi connectivity index (χ1) is 18.1. The van der Waals surface area contributed by atoms with Crippen LogP contribution in [-0.2, 0) is 0 Å². The fourth-order valence-corrected chi connectivity index (χ4v) is 10.6. The van der Waals surface area contributed by atoms with Crippen molar-refractivity contribution >= 4 is 87.4 Å². The molecule has 0 atom stereocenters. The second-order valence-corrected chi connectivity index (χ2v) is 13.7. The highest BCUT2D eigenvalue weighted by Crippen LogP contribution is 2.54. The molecule has 0 aliphatic carbocycles. The first-order valence-electron chi connectivity index (χ1n) is 11.8. The minimum Gasteiger partial charge on any atom is -0.303 e. The van der Waals surface area contributed by atoms with E-state index in [0.717, 1.165) is 21.7 Å². The standard InChI is InChI=1S/C30H23Cl2N2OPS.HI/c1-2-37-30-27(29(35)33-28(34-30)25-19-18-21(31)20-26(25)32)36(22-12-6-3-7-13-22,23-14-8-4-9-15-23)24-16-10-5-11-17-24;/h3-20H,2H2,1H3;1H/p+1. The van der Waals surface area contributed by atoms with Crippen molar-refractivity contribution in [2.45, 2.75) is 11.9 Å². The predicted molar refractivity (Wildman–Crippen MR) is 177 cm³/mol. The van der Waals surface area contributed by atoms with Crippen molar-refractivity contribution in [3.63, 3.8) is 0 Å². The van der Waals surface area contributed by atoms with Gasteiger partial charge in [-0.1, -0.05) is 84.7 Å². The van der Waals surface area contributed by atoms with Crippen LogP contribution in [0.25, 0.3) is 11.4 Å². The van der Waals surface area contributed by atoms with E-state index in [4.69, 9.17) is 28.2 Å². The summed E-state index contributed by atoms with van der Waals surface area (Å²) < 4.78 is 0. The zero-order valence-electron chi connectivity index (χ0n) is 20.5. The second-order valence-electron chi connectivity index (χ2n) is 8.30. The quantitative estimate of drug-likeness (QED) is 0.0859. The molecule has 0 spiro atoms. The van der Waals surface area contributed by atoms with Crippen LogP contribution in [0.15, 0.2) is 119 Å². The minimum absolute atomic E-state index is 0. The number of thioether (sulfide) groups is 1. The zero-order valence-corrected chi connectivity index (χ0v) is 26.0. The lowest BCUT2D eigenvalue weighted by Gasteiger charge is -2.28. The van der Waals surface area contributed by atoms with Crippen LogP contribution in [0.4, 0.5) is 0 Å². The van der Waals surface area contributed by atoms with Crippen LogP contribution in [0.1, 0.15) is 6.92 Å². The van der Waals surface area contributed by atoms with Gasteiger partial charge in [-0.2, -0.15) is 0 Å². The third-order valence-corrected chi connectivity index (χ3v) is 12.0. The molecule has 0 aliphatic rings. The van der Waals surface area contributed by atoms with Gasteiger partial charge in [0.05, 0.1) is 5.02 Å². The molecule has 1 heterocycles. The Labute approximate surface area is 254 Å². The summed E-state index contributed by atoms with van der Waals surface area (Å²) in [5, 5.41) is 5.64. The van der Waals surface area contributed by atoms with Gasteiger partial charge in [-0.3, -0.25) is 4.79 Å². The largest absolute Gasteiger partial charge is 0.303 e.